The highest BCUT2D eigenvalue weighted by Crippen LogP contribution is 2.35. The molecule has 3 rings (SSSR count). The maximum Gasteiger partial charge on any atom is 0.191 e. The Kier molecular flexibility index (Phi) is 7.29. The van der Waals surface area contributed by atoms with E-state index in [1.165, 1.54) is 17.7 Å². The molecule has 0 aliphatic carbocycles. The number of hydrogen-bond acceptors (Lipinski definition) is 2. The zero-order chi connectivity index (χ0) is 19.8. The maximum atomic E-state index is 13.0. The van der Waals surface area contributed by atoms with Crippen molar-refractivity contribution >= 4 is 17.6 Å². The number of ether oxygens (including phenoxy) is 1. The topological polar surface area (TPSA) is 45.7 Å². The molecule has 2 aromatic carbocycles. The number of benzene rings is 2. The maximum absolute atomic E-state index is 13.0. The standard InChI is InChI=1S/C22H27ClFN3O/c1-25-21(26-12-9-17-5-7-20(24)8-6-17)27-16-22(10-13-28-14-11-22)18-3-2-4-19(23)15-18/h2-8,15H,9-14,16H2,1H3,(H2,25,26,27). The SMILES string of the molecule is CN=C(NCCc1ccc(F)cc1)NCC1(c2cccc(Cl)c2)CCOCC1. The van der Waals surface area contributed by atoms with Crippen molar-refractivity contribution in [3.63, 3.8) is 0 Å². The molecule has 4 nitrogen and oxygen atoms in total. The minimum absolute atomic E-state index is 0.0300. The van der Waals surface area contributed by atoms with Gasteiger partial charge in [-0.1, -0.05) is 35.9 Å². The number of rotatable bonds is 6. The smallest absolute Gasteiger partial charge is 0.191 e. The van der Waals surface area contributed by atoms with E-state index in [9.17, 15) is 4.39 Å². The van der Waals surface area contributed by atoms with Gasteiger partial charge in [0.15, 0.2) is 5.96 Å². The fraction of sp³-hybridized carbons (Fsp3) is 0.409. The molecule has 0 radical (unpaired) electrons. The minimum atomic E-state index is -0.211. The van der Waals surface area contributed by atoms with Crippen LogP contribution in [0.1, 0.15) is 24.0 Å². The molecule has 1 saturated heterocycles. The molecule has 6 heteroatoms. The van der Waals surface area contributed by atoms with Crippen LogP contribution in [0, 0.1) is 5.82 Å². The summed E-state index contributed by atoms with van der Waals surface area (Å²) >= 11 is 6.24. The number of nitrogens with one attached hydrogen (secondary N) is 2. The second kappa shape index (κ2) is 9.89. The number of nitrogens with zero attached hydrogens (tertiary/aromatic N) is 1. The van der Waals surface area contributed by atoms with Crippen LogP contribution in [0.25, 0.3) is 0 Å². The number of aliphatic imine (C=N–C) groups is 1. The van der Waals surface area contributed by atoms with Crippen molar-refractivity contribution in [2.75, 3.05) is 33.4 Å². The highest BCUT2D eigenvalue weighted by molar-refractivity contribution is 6.30. The van der Waals surface area contributed by atoms with Crippen molar-refractivity contribution in [1.29, 1.82) is 0 Å². The Labute approximate surface area is 171 Å². The van der Waals surface area contributed by atoms with Crippen molar-refractivity contribution in [2.24, 2.45) is 4.99 Å². The van der Waals surface area contributed by atoms with Crippen molar-refractivity contribution in [1.82, 2.24) is 10.6 Å². The van der Waals surface area contributed by atoms with Gasteiger partial charge in [0.25, 0.3) is 0 Å². The van der Waals surface area contributed by atoms with Crippen molar-refractivity contribution in [3.05, 3.63) is 70.5 Å². The van der Waals surface area contributed by atoms with Gasteiger partial charge in [-0.3, -0.25) is 4.99 Å². The Bertz CT molecular complexity index is 789. The molecule has 2 N–H and O–H groups in total. The Morgan fingerprint density at radius 3 is 2.57 bits per heavy atom. The lowest BCUT2D eigenvalue weighted by atomic mass is 9.74. The van der Waals surface area contributed by atoms with Crippen LogP contribution in [-0.2, 0) is 16.6 Å². The predicted octanol–water partition coefficient (Wildman–Crippen LogP) is 3.94. The molecule has 0 bridgehead atoms. The Balaban J connectivity index is 1.59. The molecule has 0 atom stereocenters. The van der Waals surface area contributed by atoms with Crippen LogP contribution < -0.4 is 10.6 Å². The third-order valence-corrected chi connectivity index (χ3v) is 5.56. The fourth-order valence-corrected chi connectivity index (χ4v) is 3.79. The minimum Gasteiger partial charge on any atom is -0.381 e. The van der Waals surface area contributed by atoms with Crippen molar-refractivity contribution in [3.8, 4) is 0 Å². The molecular formula is C22H27ClFN3O. The van der Waals surface area contributed by atoms with Gasteiger partial charge in [-0.25, -0.2) is 4.39 Å². The first-order valence-corrected chi connectivity index (χ1v) is 10.0. The number of guanidine groups is 1. The predicted molar refractivity (Wildman–Crippen MR) is 113 cm³/mol. The summed E-state index contributed by atoms with van der Waals surface area (Å²) in [4.78, 5) is 4.34. The van der Waals surface area contributed by atoms with Gasteiger partial charge in [0.1, 0.15) is 5.82 Å². The summed E-state index contributed by atoms with van der Waals surface area (Å²) in [5, 5.41) is 7.57. The summed E-state index contributed by atoms with van der Waals surface area (Å²) in [5.74, 6) is 0.548. The molecule has 28 heavy (non-hydrogen) atoms. The summed E-state index contributed by atoms with van der Waals surface area (Å²) < 4.78 is 18.6. The van der Waals surface area contributed by atoms with Crippen LogP contribution in [-0.4, -0.2) is 39.3 Å². The molecule has 0 saturated carbocycles. The van der Waals surface area contributed by atoms with E-state index in [2.05, 4.69) is 27.8 Å². The normalized spacial score (nSPS) is 16.6. The molecule has 0 unspecified atom stereocenters. The fourth-order valence-electron chi connectivity index (χ4n) is 3.60. The van der Waals surface area contributed by atoms with Gasteiger partial charge in [0.05, 0.1) is 0 Å². The summed E-state index contributed by atoms with van der Waals surface area (Å²) in [6.07, 6.45) is 2.67. The van der Waals surface area contributed by atoms with E-state index in [1.54, 1.807) is 7.05 Å². The second-order valence-corrected chi connectivity index (χ2v) is 7.57. The second-order valence-electron chi connectivity index (χ2n) is 7.13. The first-order valence-electron chi connectivity index (χ1n) is 9.64. The quantitative estimate of drug-likeness (QED) is 0.567. The van der Waals surface area contributed by atoms with Crippen molar-refractivity contribution in [2.45, 2.75) is 24.7 Å². The Hall–Kier alpha value is -2.11. The van der Waals surface area contributed by atoms with E-state index in [1.807, 2.05) is 24.3 Å². The van der Waals surface area contributed by atoms with Gasteiger partial charge in [0, 0.05) is 43.8 Å². The zero-order valence-electron chi connectivity index (χ0n) is 16.2. The molecule has 150 valence electrons. The number of hydrogen-bond donors (Lipinski definition) is 2. The summed E-state index contributed by atoms with van der Waals surface area (Å²) in [6, 6.07) is 14.7. The first-order chi connectivity index (χ1) is 13.6. The van der Waals surface area contributed by atoms with E-state index in [0.29, 0.717) is 0 Å². The lowest BCUT2D eigenvalue weighted by Gasteiger charge is -2.38. The number of halogens is 2. The van der Waals surface area contributed by atoms with Crippen LogP contribution in [0.2, 0.25) is 5.02 Å². The lowest BCUT2D eigenvalue weighted by Crippen LogP contribution is -2.48. The Morgan fingerprint density at radius 1 is 1.14 bits per heavy atom. The third kappa shape index (κ3) is 5.46. The van der Waals surface area contributed by atoms with Crippen LogP contribution in [0.3, 0.4) is 0 Å². The summed E-state index contributed by atoms with van der Waals surface area (Å²) in [6.45, 7) is 2.96. The largest absolute Gasteiger partial charge is 0.381 e. The van der Waals surface area contributed by atoms with Gasteiger partial charge >= 0.3 is 0 Å². The zero-order valence-corrected chi connectivity index (χ0v) is 16.9. The van der Waals surface area contributed by atoms with Gasteiger partial charge in [0.2, 0.25) is 0 Å². The van der Waals surface area contributed by atoms with E-state index < -0.39 is 0 Å². The lowest BCUT2D eigenvalue weighted by molar-refractivity contribution is 0.0514. The van der Waals surface area contributed by atoms with Crippen LogP contribution in [0.4, 0.5) is 4.39 Å². The molecule has 0 aromatic heterocycles. The molecule has 1 fully saturated rings. The molecular weight excluding hydrogens is 377 g/mol. The van der Waals surface area contributed by atoms with Crippen molar-refractivity contribution < 1.29 is 9.13 Å². The van der Waals surface area contributed by atoms with Gasteiger partial charge < -0.3 is 15.4 Å². The van der Waals surface area contributed by atoms with Crippen LogP contribution in [0.15, 0.2) is 53.5 Å². The average molecular weight is 404 g/mol. The third-order valence-electron chi connectivity index (χ3n) is 5.32. The van der Waals surface area contributed by atoms with Crippen LogP contribution in [0.5, 0.6) is 0 Å². The molecule has 1 aliphatic rings. The highest BCUT2D eigenvalue weighted by Gasteiger charge is 2.34. The molecule has 1 aliphatic heterocycles. The van der Waals surface area contributed by atoms with Gasteiger partial charge in [-0.05, 0) is 54.7 Å². The molecule has 2 aromatic rings. The van der Waals surface area contributed by atoms with E-state index in [0.717, 1.165) is 62.1 Å². The van der Waals surface area contributed by atoms with Gasteiger partial charge in [-0.2, -0.15) is 0 Å². The molecule has 0 amide bonds. The highest BCUT2D eigenvalue weighted by atomic mass is 35.5. The molecule has 0 spiro atoms. The van der Waals surface area contributed by atoms with E-state index in [-0.39, 0.29) is 11.2 Å². The first kappa shape index (κ1) is 20.6. The summed E-state index contributed by atoms with van der Waals surface area (Å²) in [7, 11) is 1.77. The summed E-state index contributed by atoms with van der Waals surface area (Å²) in [5.41, 5.74) is 2.29. The van der Waals surface area contributed by atoms with Crippen LogP contribution >= 0.6 is 11.6 Å². The molecule has 1 heterocycles. The van der Waals surface area contributed by atoms with E-state index in [4.69, 9.17) is 16.3 Å². The monoisotopic (exact) mass is 403 g/mol. The average Bonchev–Trinajstić information content (AvgIpc) is 2.72. The van der Waals surface area contributed by atoms with Gasteiger partial charge in [-0.15, -0.1) is 0 Å². The Morgan fingerprint density at radius 2 is 1.89 bits per heavy atom. The van der Waals surface area contributed by atoms with E-state index >= 15 is 0 Å².